The molecule has 2 aromatic carbocycles. The number of nitrogens with zero attached hydrogens (tertiary/aromatic N) is 4. The second-order valence-electron chi connectivity index (χ2n) is 7.49. The highest BCUT2D eigenvalue weighted by atomic mass is 15.7. The van der Waals surface area contributed by atoms with Crippen LogP contribution in [0, 0.1) is 17.2 Å². The predicted octanol–water partition coefficient (Wildman–Crippen LogP) is 5.22. The summed E-state index contributed by atoms with van der Waals surface area (Å²) in [6.07, 6.45) is 6.22. The number of anilines is 1. The lowest BCUT2D eigenvalue weighted by Gasteiger charge is -2.30. The molecule has 1 atom stereocenters. The molecule has 1 heterocycles. The summed E-state index contributed by atoms with van der Waals surface area (Å²) in [5, 5.41) is 14.0. The van der Waals surface area contributed by atoms with Crippen molar-refractivity contribution in [1.82, 2.24) is 5.01 Å². The summed E-state index contributed by atoms with van der Waals surface area (Å²) in [5.74, 6) is 1.89. The number of aliphatic imine (C=N–C) groups is 1. The van der Waals surface area contributed by atoms with Crippen LogP contribution in [0.15, 0.2) is 53.5 Å². The molecule has 0 saturated heterocycles. The lowest BCUT2D eigenvalue weighted by molar-refractivity contribution is 0.257. The van der Waals surface area contributed by atoms with E-state index < -0.39 is 0 Å². The van der Waals surface area contributed by atoms with E-state index in [4.69, 9.17) is 4.99 Å². The van der Waals surface area contributed by atoms with Crippen LogP contribution in [-0.4, -0.2) is 24.1 Å². The Morgan fingerprint density at radius 1 is 1.11 bits per heavy atom. The minimum atomic E-state index is 0.288. The Morgan fingerprint density at radius 2 is 1.85 bits per heavy atom. The Hall–Kier alpha value is -2.64. The first kappa shape index (κ1) is 17.8. The fourth-order valence-electron chi connectivity index (χ4n) is 3.85. The first-order valence-electron chi connectivity index (χ1n) is 9.92. The highest BCUT2D eigenvalue weighted by Crippen LogP contribution is 2.40. The van der Waals surface area contributed by atoms with Crippen molar-refractivity contribution in [1.29, 1.82) is 5.26 Å². The number of rotatable bonds is 6. The predicted molar refractivity (Wildman–Crippen MR) is 110 cm³/mol. The SMILES string of the molecule is CCCCC1=NC(C2CC2)N(C)N1c1ccc(-c2ccccc2C#N)cc1. The van der Waals surface area contributed by atoms with Crippen LogP contribution in [0.2, 0.25) is 0 Å². The van der Waals surface area contributed by atoms with Gasteiger partial charge in [0.25, 0.3) is 0 Å². The van der Waals surface area contributed by atoms with Gasteiger partial charge in [-0.2, -0.15) is 10.3 Å². The maximum Gasteiger partial charge on any atom is 0.124 e. The monoisotopic (exact) mass is 358 g/mol. The third-order valence-electron chi connectivity index (χ3n) is 5.49. The second-order valence-corrected chi connectivity index (χ2v) is 7.49. The van der Waals surface area contributed by atoms with E-state index in [0.717, 1.165) is 29.7 Å². The molecule has 1 aliphatic heterocycles. The number of hydrogen-bond acceptors (Lipinski definition) is 4. The van der Waals surface area contributed by atoms with Crippen molar-refractivity contribution in [3.63, 3.8) is 0 Å². The number of nitriles is 1. The average molecular weight is 358 g/mol. The molecule has 0 bridgehead atoms. The van der Waals surface area contributed by atoms with Gasteiger partial charge in [0.15, 0.2) is 0 Å². The van der Waals surface area contributed by atoms with Gasteiger partial charge in [-0.3, -0.25) is 5.01 Å². The van der Waals surface area contributed by atoms with Gasteiger partial charge < -0.3 is 0 Å². The Morgan fingerprint density at radius 3 is 2.52 bits per heavy atom. The number of hydrazine groups is 1. The van der Waals surface area contributed by atoms with Gasteiger partial charge in [0, 0.05) is 13.5 Å². The van der Waals surface area contributed by atoms with Crippen LogP contribution >= 0.6 is 0 Å². The van der Waals surface area contributed by atoms with Crippen molar-refractivity contribution in [2.24, 2.45) is 10.9 Å². The zero-order valence-corrected chi connectivity index (χ0v) is 16.1. The third-order valence-corrected chi connectivity index (χ3v) is 5.49. The lowest BCUT2D eigenvalue weighted by atomic mass is 10.0. The molecule has 0 aromatic heterocycles. The van der Waals surface area contributed by atoms with Gasteiger partial charge in [-0.25, -0.2) is 4.99 Å². The molecule has 138 valence electrons. The molecule has 1 fully saturated rings. The minimum absolute atomic E-state index is 0.288. The van der Waals surface area contributed by atoms with Crippen molar-refractivity contribution in [3.05, 3.63) is 54.1 Å². The molecule has 0 spiro atoms. The largest absolute Gasteiger partial charge is 0.259 e. The molecule has 4 nitrogen and oxygen atoms in total. The molecule has 0 radical (unpaired) electrons. The molecule has 0 amide bonds. The molecule has 27 heavy (non-hydrogen) atoms. The summed E-state index contributed by atoms with van der Waals surface area (Å²) in [6.45, 7) is 2.23. The first-order valence-corrected chi connectivity index (χ1v) is 9.92. The molecule has 2 aliphatic rings. The fourth-order valence-corrected chi connectivity index (χ4v) is 3.85. The summed E-state index contributed by atoms with van der Waals surface area (Å²) < 4.78 is 0. The third kappa shape index (κ3) is 3.48. The number of unbranched alkanes of at least 4 members (excludes halogenated alkanes) is 1. The smallest absolute Gasteiger partial charge is 0.124 e. The number of amidine groups is 1. The average Bonchev–Trinajstić information content (AvgIpc) is 3.50. The standard InChI is InChI=1S/C23H26N4/c1-3-4-9-22-25-23(18-10-11-18)26(2)27(22)20-14-12-17(13-15-20)21-8-6-5-7-19(21)16-24/h5-8,12-15,18,23H,3-4,9-11H2,1-2H3. The Balaban J connectivity index is 1.62. The molecular weight excluding hydrogens is 332 g/mol. The summed E-state index contributed by atoms with van der Waals surface area (Å²) in [6, 6.07) is 18.6. The quantitative estimate of drug-likeness (QED) is 0.711. The molecule has 2 aromatic rings. The minimum Gasteiger partial charge on any atom is -0.259 e. The van der Waals surface area contributed by atoms with E-state index in [9.17, 15) is 5.26 Å². The van der Waals surface area contributed by atoms with E-state index in [1.807, 2.05) is 24.3 Å². The molecule has 4 rings (SSSR count). The van der Waals surface area contributed by atoms with Gasteiger partial charge in [-0.1, -0.05) is 43.7 Å². The van der Waals surface area contributed by atoms with Crippen LogP contribution < -0.4 is 5.01 Å². The zero-order valence-electron chi connectivity index (χ0n) is 16.1. The summed E-state index contributed by atoms with van der Waals surface area (Å²) >= 11 is 0. The molecule has 4 heteroatoms. The van der Waals surface area contributed by atoms with E-state index in [1.165, 1.54) is 25.1 Å². The van der Waals surface area contributed by atoms with Crippen molar-refractivity contribution in [2.75, 3.05) is 12.1 Å². The van der Waals surface area contributed by atoms with Crippen molar-refractivity contribution in [3.8, 4) is 17.2 Å². The van der Waals surface area contributed by atoms with E-state index in [2.05, 4.69) is 54.3 Å². The zero-order chi connectivity index (χ0) is 18.8. The van der Waals surface area contributed by atoms with E-state index >= 15 is 0 Å². The molecule has 1 unspecified atom stereocenters. The second kappa shape index (κ2) is 7.54. The summed E-state index contributed by atoms with van der Waals surface area (Å²) in [7, 11) is 2.16. The van der Waals surface area contributed by atoms with Crippen LogP contribution in [-0.2, 0) is 0 Å². The van der Waals surface area contributed by atoms with E-state index in [-0.39, 0.29) is 6.17 Å². The van der Waals surface area contributed by atoms with Crippen LogP contribution in [0.3, 0.4) is 0 Å². The van der Waals surface area contributed by atoms with Gasteiger partial charge in [0.05, 0.1) is 17.3 Å². The van der Waals surface area contributed by atoms with Crippen LogP contribution in [0.4, 0.5) is 5.69 Å². The van der Waals surface area contributed by atoms with Crippen molar-refractivity contribution >= 4 is 11.5 Å². The van der Waals surface area contributed by atoms with Crippen molar-refractivity contribution in [2.45, 2.75) is 45.2 Å². The maximum absolute atomic E-state index is 9.37. The van der Waals surface area contributed by atoms with Crippen LogP contribution in [0.5, 0.6) is 0 Å². The molecule has 1 saturated carbocycles. The normalized spacial score (nSPS) is 19.8. The van der Waals surface area contributed by atoms with Crippen LogP contribution in [0.1, 0.15) is 44.6 Å². The number of hydrogen-bond donors (Lipinski definition) is 0. The Bertz CT molecular complexity index is 874. The van der Waals surface area contributed by atoms with Crippen molar-refractivity contribution < 1.29 is 0 Å². The maximum atomic E-state index is 9.37. The Labute approximate surface area is 161 Å². The molecule has 1 aliphatic carbocycles. The van der Waals surface area contributed by atoms with E-state index in [1.54, 1.807) is 0 Å². The molecule has 0 N–H and O–H groups in total. The Kier molecular flexibility index (Phi) is 4.96. The highest BCUT2D eigenvalue weighted by Gasteiger charge is 2.41. The molecular formula is C23H26N4. The van der Waals surface area contributed by atoms with Crippen LogP contribution in [0.25, 0.3) is 11.1 Å². The first-order chi connectivity index (χ1) is 13.2. The fraction of sp³-hybridized carbons (Fsp3) is 0.391. The topological polar surface area (TPSA) is 42.6 Å². The van der Waals surface area contributed by atoms with E-state index in [0.29, 0.717) is 11.5 Å². The van der Waals surface area contributed by atoms with Gasteiger partial charge in [-0.15, -0.1) is 0 Å². The highest BCUT2D eigenvalue weighted by molar-refractivity contribution is 5.98. The van der Waals surface area contributed by atoms with Gasteiger partial charge in [0.2, 0.25) is 0 Å². The number of benzene rings is 2. The lowest BCUT2D eigenvalue weighted by Crippen LogP contribution is -2.43. The van der Waals surface area contributed by atoms with Gasteiger partial charge in [0.1, 0.15) is 12.0 Å². The summed E-state index contributed by atoms with van der Waals surface area (Å²) in [5.41, 5.74) is 3.91. The summed E-state index contributed by atoms with van der Waals surface area (Å²) in [4.78, 5) is 5.06. The van der Waals surface area contributed by atoms with Gasteiger partial charge in [-0.05, 0) is 54.5 Å². The van der Waals surface area contributed by atoms with Gasteiger partial charge >= 0.3 is 0 Å².